The summed E-state index contributed by atoms with van der Waals surface area (Å²) in [4.78, 5) is 12.2. The van der Waals surface area contributed by atoms with Gasteiger partial charge in [0.15, 0.2) is 12.0 Å². The zero-order valence-electron chi connectivity index (χ0n) is 11.2. The minimum Gasteiger partial charge on any atom is -0.296 e. The van der Waals surface area contributed by atoms with E-state index in [2.05, 4.69) is 30.2 Å². The van der Waals surface area contributed by atoms with E-state index >= 15 is 0 Å². The van der Waals surface area contributed by atoms with E-state index in [4.69, 9.17) is 0 Å². The molecule has 2 heterocycles. The van der Waals surface area contributed by atoms with Crippen LogP contribution in [0.25, 0.3) is 16.3 Å². The third-order valence-corrected chi connectivity index (χ3v) is 4.17. The first-order valence-corrected chi connectivity index (χ1v) is 7.11. The van der Waals surface area contributed by atoms with Crippen LogP contribution in [0.5, 0.6) is 0 Å². The van der Waals surface area contributed by atoms with Crippen molar-refractivity contribution in [1.82, 2.24) is 15.0 Å². The molecule has 20 heavy (non-hydrogen) atoms. The van der Waals surface area contributed by atoms with Crippen molar-refractivity contribution in [3.05, 3.63) is 52.5 Å². The quantitative estimate of drug-likeness (QED) is 0.692. The predicted octanol–water partition coefficient (Wildman–Crippen LogP) is 3.43. The van der Waals surface area contributed by atoms with Gasteiger partial charge in [-0.05, 0) is 48.6 Å². The first kappa shape index (κ1) is 12.7. The molecular weight excluding hydrogens is 270 g/mol. The van der Waals surface area contributed by atoms with Crippen LogP contribution in [0, 0.1) is 13.8 Å². The number of carbonyl (C=O) groups excluding carboxylic acids is 1. The van der Waals surface area contributed by atoms with E-state index in [0.29, 0.717) is 5.69 Å². The summed E-state index contributed by atoms with van der Waals surface area (Å²) in [5, 5.41) is 10.1. The third kappa shape index (κ3) is 2.06. The average molecular weight is 283 g/mol. The van der Waals surface area contributed by atoms with E-state index in [-0.39, 0.29) is 0 Å². The smallest absolute Gasteiger partial charge is 0.172 e. The monoisotopic (exact) mass is 283 g/mol. The lowest BCUT2D eigenvalue weighted by molar-refractivity contribution is 0.111. The first-order chi connectivity index (χ1) is 9.70. The van der Waals surface area contributed by atoms with Crippen LogP contribution in [-0.4, -0.2) is 21.3 Å². The van der Waals surface area contributed by atoms with Crippen molar-refractivity contribution in [3.63, 3.8) is 0 Å². The fraction of sp³-hybridized carbons (Fsp3) is 0.133. The van der Waals surface area contributed by atoms with Crippen molar-refractivity contribution in [2.24, 2.45) is 0 Å². The molecule has 0 fully saturated rings. The van der Waals surface area contributed by atoms with E-state index in [9.17, 15) is 4.79 Å². The Bertz CT molecular complexity index is 760. The van der Waals surface area contributed by atoms with Gasteiger partial charge in [-0.15, -0.1) is 16.4 Å². The van der Waals surface area contributed by atoms with Crippen molar-refractivity contribution in [2.75, 3.05) is 0 Å². The molecule has 5 heteroatoms. The van der Waals surface area contributed by atoms with E-state index in [1.807, 2.05) is 29.6 Å². The zero-order valence-corrected chi connectivity index (χ0v) is 12.0. The number of benzene rings is 1. The van der Waals surface area contributed by atoms with Gasteiger partial charge in [0.2, 0.25) is 0 Å². The normalized spacial score (nSPS) is 10.7. The number of carbonyl (C=O) groups is 1. The molecule has 0 N–H and O–H groups in total. The van der Waals surface area contributed by atoms with E-state index in [0.717, 1.165) is 22.5 Å². The molecule has 3 aromatic rings. The molecule has 0 atom stereocenters. The molecule has 0 unspecified atom stereocenters. The van der Waals surface area contributed by atoms with Gasteiger partial charge in [-0.25, -0.2) is 4.68 Å². The second-order valence-electron chi connectivity index (χ2n) is 4.60. The Morgan fingerprint density at radius 1 is 1.20 bits per heavy atom. The molecule has 0 aliphatic rings. The summed E-state index contributed by atoms with van der Waals surface area (Å²) in [5.41, 5.74) is 4.44. The van der Waals surface area contributed by atoms with Crippen molar-refractivity contribution in [1.29, 1.82) is 0 Å². The van der Waals surface area contributed by atoms with Crippen molar-refractivity contribution < 1.29 is 4.79 Å². The van der Waals surface area contributed by atoms with Crippen LogP contribution in [0.15, 0.2) is 35.7 Å². The van der Waals surface area contributed by atoms with Crippen LogP contribution in [0.3, 0.4) is 0 Å². The van der Waals surface area contributed by atoms with Gasteiger partial charge in [-0.2, -0.15) is 0 Å². The fourth-order valence-corrected chi connectivity index (χ4v) is 2.82. The highest BCUT2D eigenvalue weighted by Crippen LogP contribution is 2.28. The Balaban J connectivity index is 2.21. The van der Waals surface area contributed by atoms with Crippen LogP contribution in [0.4, 0.5) is 0 Å². The van der Waals surface area contributed by atoms with Gasteiger partial charge in [0.25, 0.3) is 0 Å². The van der Waals surface area contributed by atoms with Crippen LogP contribution in [0.1, 0.15) is 21.6 Å². The van der Waals surface area contributed by atoms with Crippen molar-refractivity contribution in [2.45, 2.75) is 13.8 Å². The van der Waals surface area contributed by atoms with Gasteiger partial charge in [-0.3, -0.25) is 4.79 Å². The first-order valence-electron chi connectivity index (χ1n) is 6.23. The molecule has 0 aliphatic carbocycles. The fourth-order valence-electron chi connectivity index (χ4n) is 2.05. The van der Waals surface area contributed by atoms with Gasteiger partial charge in [0.1, 0.15) is 5.69 Å². The summed E-state index contributed by atoms with van der Waals surface area (Å²) in [6, 6.07) is 10.0. The minimum absolute atomic E-state index is 0.366. The van der Waals surface area contributed by atoms with Gasteiger partial charge in [0.05, 0.1) is 10.6 Å². The average Bonchev–Trinajstić information content (AvgIpc) is 3.09. The molecule has 0 amide bonds. The van der Waals surface area contributed by atoms with Gasteiger partial charge in [0, 0.05) is 0 Å². The topological polar surface area (TPSA) is 47.8 Å². The highest BCUT2D eigenvalue weighted by atomic mass is 32.1. The number of aryl methyl sites for hydroxylation is 2. The van der Waals surface area contributed by atoms with Crippen LogP contribution in [-0.2, 0) is 0 Å². The number of rotatable bonds is 3. The van der Waals surface area contributed by atoms with E-state index in [1.54, 1.807) is 16.0 Å². The maximum Gasteiger partial charge on any atom is 0.172 e. The highest BCUT2D eigenvalue weighted by Gasteiger charge is 2.16. The molecule has 0 saturated heterocycles. The van der Waals surface area contributed by atoms with Crippen LogP contribution < -0.4 is 0 Å². The Labute approximate surface area is 120 Å². The molecule has 4 nitrogen and oxygen atoms in total. The number of nitrogens with zero attached hydrogens (tertiary/aromatic N) is 3. The Kier molecular flexibility index (Phi) is 3.20. The number of hydrogen-bond acceptors (Lipinski definition) is 4. The number of aromatic nitrogens is 3. The Hall–Kier alpha value is -2.27. The largest absolute Gasteiger partial charge is 0.296 e. The molecule has 0 saturated carbocycles. The zero-order chi connectivity index (χ0) is 14.1. The second-order valence-corrected chi connectivity index (χ2v) is 5.55. The number of hydrogen-bond donors (Lipinski definition) is 0. The van der Waals surface area contributed by atoms with Gasteiger partial charge < -0.3 is 0 Å². The SMILES string of the molecule is Cc1ccc(-n2nnc(C=O)c2-c2cccs2)cc1C. The standard InChI is InChI=1S/C15H13N3OS/c1-10-5-6-12(8-11(10)2)18-15(13(9-19)16-17-18)14-4-3-7-20-14/h3-9H,1-2H3. The lowest BCUT2D eigenvalue weighted by Crippen LogP contribution is -2.00. The lowest BCUT2D eigenvalue weighted by Gasteiger charge is -2.07. The molecule has 0 bridgehead atoms. The summed E-state index contributed by atoms with van der Waals surface area (Å²) in [6.07, 6.45) is 0.750. The van der Waals surface area contributed by atoms with Crippen molar-refractivity contribution in [3.8, 4) is 16.3 Å². The number of aldehydes is 1. The maximum atomic E-state index is 11.2. The summed E-state index contributed by atoms with van der Waals surface area (Å²) in [5.74, 6) is 0. The molecule has 0 aliphatic heterocycles. The molecule has 1 aromatic carbocycles. The Morgan fingerprint density at radius 2 is 2.05 bits per heavy atom. The predicted molar refractivity (Wildman–Crippen MR) is 79.5 cm³/mol. The molecular formula is C15H13N3OS. The lowest BCUT2D eigenvalue weighted by atomic mass is 10.1. The van der Waals surface area contributed by atoms with E-state index < -0.39 is 0 Å². The summed E-state index contributed by atoms with van der Waals surface area (Å²) >= 11 is 1.57. The van der Waals surface area contributed by atoms with Crippen molar-refractivity contribution >= 4 is 17.6 Å². The molecule has 3 rings (SSSR count). The minimum atomic E-state index is 0.366. The molecule has 0 radical (unpaired) electrons. The highest BCUT2D eigenvalue weighted by molar-refractivity contribution is 7.13. The van der Waals surface area contributed by atoms with E-state index in [1.165, 1.54) is 11.1 Å². The van der Waals surface area contributed by atoms with Crippen LogP contribution in [0.2, 0.25) is 0 Å². The number of thiophene rings is 1. The molecule has 2 aromatic heterocycles. The van der Waals surface area contributed by atoms with Gasteiger partial charge >= 0.3 is 0 Å². The Morgan fingerprint density at radius 3 is 2.70 bits per heavy atom. The summed E-state index contributed by atoms with van der Waals surface area (Å²) in [7, 11) is 0. The summed E-state index contributed by atoms with van der Waals surface area (Å²) < 4.78 is 1.72. The van der Waals surface area contributed by atoms with Crippen LogP contribution >= 0.6 is 11.3 Å². The second kappa shape index (κ2) is 5.02. The molecule has 100 valence electrons. The maximum absolute atomic E-state index is 11.2. The third-order valence-electron chi connectivity index (χ3n) is 3.30. The summed E-state index contributed by atoms with van der Waals surface area (Å²) in [6.45, 7) is 4.12. The van der Waals surface area contributed by atoms with Gasteiger partial charge in [-0.1, -0.05) is 17.3 Å². The molecule has 0 spiro atoms.